The smallest absolute Gasteiger partial charge is 0.238 e. The van der Waals surface area contributed by atoms with Gasteiger partial charge in [-0.25, -0.2) is 0 Å². The SMILES string of the molecule is O=C(CN1CCSCC1)Nc1ccc2c(c1)OCO2. The highest BCUT2D eigenvalue weighted by Crippen LogP contribution is 2.34. The number of nitrogens with zero attached hydrogens (tertiary/aromatic N) is 1. The van der Waals surface area contributed by atoms with Crippen LogP contribution in [0.15, 0.2) is 18.2 Å². The molecule has 1 saturated heterocycles. The number of rotatable bonds is 3. The standard InChI is InChI=1S/C13H16N2O3S/c16-13(8-15-3-5-19-6-4-15)14-10-1-2-11-12(7-10)18-9-17-11/h1-2,7H,3-6,8-9H2,(H,14,16). The highest BCUT2D eigenvalue weighted by Gasteiger charge is 2.16. The summed E-state index contributed by atoms with van der Waals surface area (Å²) in [5.41, 5.74) is 0.751. The highest BCUT2D eigenvalue weighted by molar-refractivity contribution is 7.99. The van der Waals surface area contributed by atoms with Crippen LogP contribution in [-0.2, 0) is 4.79 Å². The van der Waals surface area contributed by atoms with Crippen LogP contribution in [0.5, 0.6) is 11.5 Å². The number of thioether (sulfide) groups is 1. The Kier molecular flexibility index (Phi) is 3.79. The zero-order chi connectivity index (χ0) is 13.1. The topological polar surface area (TPSA) is 50.8 Å². The number of nitrogens with one attached hydrogen (secondary N) is 1. The van der Waals surface area contributed by atoms with Gasteiger partial charge in [-0.15, -0.1) is 0 Å². The summed E-state index contributed by atoms with van der Waals surface area (Å²) in [4.78, 5) is 14.1. The number of ether oxygens (including phenoxy) is 2. The molecule has 2 aliphatic heterocycles. The molecule has 0 radical (unpaired) electrons. The molecule has 3 rings (SSSR count). The lowest BCUT2D eigenvalue weighted by atomic mass is 10.2. The monoisotopic (exact) mass is 280 g/mol. The molecule has 1 amide bonds. The molecular formula is C13H16N2O3S. The lowest BCUT2D eigenvalue weighted by molar-refractivity contribution is -0.117. The molecule has 19 heavy (non-hydrogen) atoms. The number of carbonyl (C=O) groups excluding carboxylic acids is 1. The van der Waals surface area contributed by atoms with Crippen molar-refractivity contribution in [3.8, 4) is 11.5 Å². The normalized spacial score (nSPS) is 18.3. The van der Waals surface area contributed by atoms with Gasteiger partial charge in [-0.2, -0.15) is 11.8 Å². The van der Waals surface area contributed by atoms with E-state index in [1.165, 1.54) is 0 Å². The largest absolute Gasteiger partial charge is 0.454 e. The lowest BCUT2D eigenvalue weighted by Crippen LogP contribution is -2.38. The maximum atomic E-state index is 11.9. The number of amides is 1. The first kappa shape index (κ1) is 12.6. The van der Waals surface area contributed by atoms with Crippen LogP contribution in [0.25, 0.3) is 0 Å². The minimum absolute atomic E-state index is 0.0192. The van der Waals surface area contributed by atoms with Crippen LogP contribution in [0.4, 0.5) is 5.69 Å². The molecule has 0 aromatic heterocycles. The molecule has 1 aromatic carbocycles. The fourth-order valence-corrected chi connectivity index (χ4v) is 3.12. The minimum Gasteiger partial charge on any atom is -0.454 e. The molecular weight excluding hydrogens is 264 g/mol. The van der Waals surface area contributed by atoms with Crippen molar-refractivity contribution in [2.75, 3.05) is 43.2 Å². The van der Waals surface area contributed by atoms with Crippen molar-refractivity contribution in [1.82, 2.24) is 4.90 Å². The zero-order valence-corrected chi connectivity index (χ0v) is 11.4. The molecule has 2 heterocycles. The van der Waals surface area contributed by atoms with Crippen molar-refractivity contribution in [3.05, 3.63) is 18.2 Å². The Labute approximate surface area is 116 Å². The predicted molar refractivity (Wildman–Crippen MR) is 75.0 cm³/mol. The van der Waals surface area contributed by atoms with Crippen LogP contribution in [0, 0.1) is 0 Å². The fourth-order valence-electron chi connectivity index (χ4n) is 2.14. The number of hydrogen-bond acceptors (Lipinski definition) is 5. The first-order chi connectivity index (χ1) is 9.31. The third-order valence-electron chi connectivity index (χ3n) is 3.13. The second kappa shape index (κ2) is 5.71. The summed E-state index contributed by atoms with van der Waals surface area (Å²) in [6.07, 6.45) is 0. The number of benzene rings is 1. The van der Waals surface area contributed by atoms with Crippen LogP contribution in [-0.4, -0.2) is 48.7 Å². The van der Waals surface area contributed by atoms with Gasteiger partial charge in [0.2, 0.25) is 12.7 Å². The molecule has 0 bridgehead atoms. The number of anilines is 1. The Balaban J connectivity index is 1.56. The molecule has 1 N–H and O–H groups in total. The van der Waals surface area contributed by atoms with Crippen molar-refractivity contribution in [3.63, 3.8) is 0 Å². The fraction of sp³-hybridized carbons (Fsp3) is 0.462. The van der Waals surface area contributed by atoms with E-state index in [1.807, 2.05) is 23.9 Å². The Bertz CT molecular complexity index is 475. The summed E-state index contributed by atoms with van der Waals surface area (Å²) in [5.74, 6) is 3.65. The van der Waals surface area contributed by atoms with Gasteiger partial charge >= 0.3 is 0 Å². The van der Waals surface area contributed by atoms with E-state index in [0.29, 0.717) is 12.3 Å². The molecule has 102 valence electrons. The third-order valence-corrected chi connectivity index (χ3v) is 4.07. The summed E-state index contributed by atoms with van der Waals surface area (Å²) < 4.78 is 10.5. The number of carbonyl (C=O) groups is 1. The van der Waals surface area contributed by atoms with E-state index in [1.54, 1.807) is 6.07 Å². The van der Waals surface area contributed by atoms with E-state index in [9.17, 15) is 4.79 Å². The summed E-state index contributed by atoms with van der Waals surface area (Å²) >= 11 is 1.94. The first-order valence-electron chi connectivity index (χ1n) is 6.31. The van der Waals surface area contributed by atoms with Crippen molar-refractivity contribution in [2.45, 2.75) is 0 Å². The van der Waals surface area contributed by atoms with Gasteiger partial charge in [0.25, 0.3) is 0 Å². The molecule has 0 saturated carbocycles. The highest BCUT2D eigenvalue weighted by atomic mass is 32.2. The Morgan fingerprint density at radius 3 is 2.89 bits per heavy atom. The average molecular weight is 280 g/mol. The minimum atomic E-state index is 0.0192. The van der Waals surface area contributed by atoms with Crippen molar-refractivity contribution in [2.24, 2.45) is 0 Å². The summed E-state index contributed by atoms with van der Waals surface area (Å²) in [6, 6.07) is 5.44. The summed E-state index contributed by atoms with van der Waals surface area (Å²) in [7, 11) is 0. The van der Waals surface area contributed by atoms with Crippen molar-refractivity contribution in [1.29, 1.82) is 0 Å². The molecule has 2 aliphatic rings. The van der Waals surface area contributed by atoms with E-state index in [0.717, 1.165) is 36.0 Å². The molecule has 0 unspecified atom stereocenters. The van der Waals surface area contributed by atoms with Gasteiger partial charge in [-0.1, -0.05) is 0 Å². The second-order valence-corrected chi connectivity index (χ2v) is 5.73. The quantitative estimate of drug-likeness (QED) is 0.907. The molecule has 0 spiro atoms. The maximum Gasteiger partial charge on any atom is 0.238 e. The van der Waals surface area contributed by atoms with Crippen LogP contribution >= 0.6 is 11.8 Å². The molecule has 5 nitrogen and oxygen atoms in total. The van der Waals surface area contributed by atoms with Crippen molar-refractivity contribution < 1.29 is 14.3 Å². The predicted octanol–water partition coefficient (Wildman–Crippen LogP) is 1.40. The van der Waals surface area contributed by atoms with Gasteiger partial charge in [0, 0.05) is 36.3 Å². The van der Waals surface area contributed by atoms with E-state index in [4.69, 9.17) is 9.47 Å². The van der Waals surface area contributed by atoms with Gasteiger partial charge < -0.3 is 14.8 Å². The van der Waals surface area contributed by atoms with Gasteiger partial charge in [0.15, 0.2) is 11.5 Å². The van der Waals surface area contributed by atoms with Crippen LogP contribution in [0.2, 0.25) is 0 Å². The Hall–Kier alpha value is -1.40. The van der Waals surface area contributed by atoms with E-state index < -0.39 is 0 Å². The second-order valence-electron chi connectivity index (χ2n) is 4.50. The van der Waals surface area contributed by atoms with E-state index >= 15 is 0 Å². The molecule has 1 fully saturated rings. The zero-order valence-electron chi connectivity index (χ0n) is 10.6. The third kappa shape index (κ3) is 3.13. The van der Waals surface area contributed by atoms with Crippen LogP contribution in [0.3, 0.4) is 0 Å². The Morgan fingerprint density at radius 2 is 2.05 bits per heavy atom. The summed E-state index contributed by atoms with van der Waals surface area (Å²) in [6.45, 7) is 2.67. The van der Waals surface area contributed by atoms with E-state index in [-0.39, 0.29) is 12.7 Å². The van der Waals surface area contributed by atoms with Crippen LogP contribution < -0.4 is 14.8 Å². The first-order valence-corrected chi connectivity index (χ1v) is 7.46. The van der Waals surface area contributed by atoms with Gasteiger partial charge in [0.1, 0.15) is 0 Å². The molecule has 0 aliphatic carbocycles. The molecule has 0 atom stereocenters. The number of fused-ring (bicyclic) bond motifs is 1. The maximum absolute atomic E-state index is 11.9. The molecule has 6 heteroatoms. The van der Waals surface area contributed by atoms with Gasteiger partial charge in [-0.05, 0) is 12.1 Å². The number of hydrogen-bond donors (Lipinski definition) is 1. The average Bonchev–Trinajstić information content (AvgIpc) is 2.87. The molecule has 1 aromatic rings. The van der Waals surface area contributed by atoms with E-state index in [2.05, 4.69) is 10.2 Å². The summed E-state index contributed by atoms with van der Waals surface area (Å²) in [5, 5.41) is 2.90. The van der Waals surface area contributed by atoms with Gasteiger partial charge in [0.05, 0.1) is 6.54 Å². The lowest BCUT2D eigenvalue weighted by Gasteiger charge is -2.25. The van der Waals surface area contributed by atoms with Gasteiger partial charge in [-0.3, -0.25) is 9.69 Å². The Morgan fingerprint density at radius 1 is 1.26 bits per heavy atom. The van der Waals surface area contributed by atoms with Crippen molar-refractivity contribution >= 4 is 23.4 Å². The van der Waals surface area contributed by atoms with Crippen LogP contribution in [0.1, 0.15) is 0 Å².